The maximum absolute atomic E-state index is 6.00. The lowest BCUT2D eigenvalue weighted by atomic mass is 10.1. The van der Waals surface area contributed by atoms with E-state index in [4.69, 9.17) is 5.73 Å². The summed E-state index contributed by atoms with van der Waals surface area (Å²) in [5.41, 5.74) is 9.00. The van der Waals surface area contributed by atoms with Gasteiger partial charge in [0.15, 0.2) is 0 Å². The third-order valence-corrected chi connectivity index (χ3v) is 3.68. The lowest BCUT2D eigenvalue weighted by Gasteiger charge is -2.08. The summed E-state index contributed by atoms with van der Waals surface area (Å²) < 4.78 is 1.94. The molecule has 1 fully saturated rings. The van der Waals surface area contributed by atoms with Crippen LogP contribution >= 0.6 is 0 Å². The maximum atomic E-state index is 6.00. The predicted octanol–water partition coefficient (Wildman–Crippen LogP) is 2.88. The second-order valence-electron chi connectivity index (χ2n) is 5.05. The molecule has 94 valence electrons. The molecule has 0 bridgehead atoms. The topological polar surface area (TPSA) is 56.7 Å². The zero-order valence-electron chi connectivity index (χ0n) is 10.5. The van der Waals surface area contributed by atoms with Gasteiger partial charge in [-0.15, -0.1) is 0 Å². The van der Waals surface area contributed by atoms with Crippen LogP contribution in [0.25, 0.3) is 16.5 Å². The Morgan fingerprint density at radius 3 is 2.84 bits per heavy atom. The van der Waals surface area contributed by atoms with Crippen LogP contribution in [0.3, 0.4) is 0 Å². The van der Waals surface area contributed by atoms with Gasteiger partial charge in [-0.25, -0.2) is 4.68 Å². The van der Waals surface area contributed by atoms with Crippen LogP contribution < -0.4 is 5.73 Å². The number of nitrogens with zero attached hydrogens (tertiary/aromatic N) is 3. The lowest BCUT2D eigenvalue weighted by molar-refractivity contribution is 0.842. The van der Waals surface area contributed by atoms with Gasteiger partial charge in [-0.3, -0.25) is 4.98 Å². The molecule has 4 nitrogen and oxygen atoms in total. The van der Waals surface area contributed by atoms with Gasteiger partial charge < -0.3 is 5.73 Å². The molecule has 0 spiro atoms. The van der Waals surface area contributed by atoms with Gasteiger partial charge in [0.1, 0.15) is 0 Å². The highest BCUT2D eigenvalue weighted by molar-refractivity contribution is 5.97. The number of nitrogen functional groups attached to an aromatic ring is 1. The number of aromatic nitrogens is 3. The first kappa shape index (κ1) is 10.6. The molecule has 0 aliphatic heterocycles. The standard InChI is InChI=1S/C15H14N4/c16-13-3-4-15(11-5-7-17-9-12(11)13)19-8-6-14(18-19)10-1-2-10/h3-10H,1-2,16H2. The minimum Gasteiger partial charge on any atom is -0.398 e. The van der Waals surface area contributed by atoms with Gasteiger partial charge in [0.05, 0.1) is 11.4 Å². The van der Waals surface area contributed by atoms with Crippen LogP contribution in [-0.4, -0.2) is 14.8 Å². The fourth-order valence-electron chi connectivity index (χ4n) is 2.46. The molecule has 1 aliphatic carbocycles. The molecule has 0 radical (unpaired) electrons. The van der Waals surface area contributed by atoms with Crippen molar-refractivity contribution in [3.05, 3.63) is 48.5 Å². The summed E-state index contributed by atoms with van der Waals surface area (Å²) in [6, 6.07) is 8.03. The van der Waals surface area contributed by atoms with Crippen LogP contribution in [0, 0.1) is 0 Å². The van der Waals surface area contributed by atoms with E-state index in [1.54, 1.807) is 12.4 Å². The number of anilines is 1. The molecule has 4 heteroatoms. The molecule has 1 aromatic carbocycles. The number of pyridine rings is 1. The van der Waals surface area contributed by atoms with E-state index in [1.807, 2.05) is 29.1 Å². The molecule has 19 heavy (non-hydrogen) atoms. The van der Waals surface area contributed by atoms with Gasteiger partial charge in [0.2, 0.25) is 0 Å². The summed E-state index contributed by atoms with van der Waals surface area (Å²) in [6.07, 6.45) is 8.15. The molecular formula is C15H14N4. The van der Waals surface area contributed by atoms with Crippen molar-refractivity contribution in [1.82, 2.24) is 14.8 Å². The molecular weight excluding hydrogens is 236 g/mol. The minimum absolute atomic E-state index is 0.669. The Morgan fingerprint density at radius 1 is 1.11 bits per heavy atom. The Balaban J connectivity index is 1.91. The quantitative estimate of drug-likeness (QED) is 0.711. The molecule has 3 aromatic rings. The predicted molar refractivity (Wildman–Crippen MR) is 75.3 cm³/mol. The highest BCUT2D eigenvalue weighted by Crippen LogP contribution is 2.39. The number of rotatable bonds is 2. The molecule has 0 unspecified atom stereocenters. The van der Waals surface area contributed by atoms with E-state index >= 15 is 0 Å². The zero-order chi connectivity index (χ0) is 12.8. The number of benzene rings is 1. The van der Waals surface area contributed by atoms with Crippen molar-refractivity contribution in [2.45, 2.75) is 18.8 Å². The van der Waals surface area contributed by atoms with Gasteiger partial charge in [-0.2, -0.15) is 5.10 Å². The van der Waals surface area contributed by atoms with Crippen LogP contribution in [0.15, 0.2) is 42.9 Å². The third kappa shape index (κ3) is 1.68. The Hall–Kier alpha value is -2.36. The van der Waals surface area contributed by atoms with Crippen molar-refractivity contribution in [3.63, 3.8) is 0 Å². The van der Waals surface area contributed by atoms with E-state index in [0.29, 0.717) is 5.92 Å². The van der Waals surface area contributed by atoms with Crippen LogP contribution in [0.5, 0.6) is 0 Å². The Labute approximate surface area is 110 Å². The number of hydrogen-bond acceptors (Lipinski definition) is 3. The molecule has 1 aliphatic rings. The lowest BCUT2D eigenvalue weighted by Crippen LogP contribution is -1.99. The summed E-state index contributed by atoms with van der Waals surface area (Å²) >= 11 is 0. The SMILES string of the molecule is Nc1ccc(-n2ccc(C3CC3)n2)c2ccncc12. The highest BCUT2D eigenvalue weighted by atomic mass is 15.3. The van der Waals surface area contributed by atoms with Crippen LogP contribution in [0.2, 0.25) is 0 Å². The molecule has 2 aromatic heterocycles. The molecule has 0 saturated heterocycles. The Bertz CT molecular complexity index is 756. The first-order valence-electron chi connectivity index (χ1n) is 6.51. The van der Waals surface area contributed by atoms with Crippen molar-refractivity contribution in [2.24, 2.45) is 0 Å². The summed E-state index contributed by atoms with van der Waals surface area (Å²) in [5.74, 6) is 0.669. The maximum Gasteiger partial charge on any atom is 0.0726 e. The van der Waals surface area contributed by atoms with Crippen molar-refractivity contribution in [2.75, 3.05) is 5.73 Å². The van der Waals surface area contributed by atoms with E-state index in [-0.39, 0.29) is 0 Å². The number of fused-ring (bicyclic) bond motifs is 1. The van der Waals surface area contributed by atoms with Crippen molar-refractivity contribution >= 4 is 16.5 Å². The molecule has 0 amide bonds. The van der Waals surface area contributed by atoms with E-state index in [1.165, 1.54) is 18.5 Å². The molecule has 1 saturated carbocycles. The zero-order valence-corrected chi connectivity index (χ0v) is 10.5. The first-order chi connectivity index (χ1) is 9.33. The van der Waals surface area contributed by atoms with Gasteiger partial charge in [-0.1, -0.05) is 0 Å². The van der Waals surface area contributed by atoms with Crippen molar-refractivity contribution in [1.29, 1.82) is 0 Å². The Kier molecular flexibility index (Phi) is 2.12. The second-order valence-corrected chi connectivity index (χ2v) is 5.05. The van der Waals surface area contributed by atoms with Gasteiger partial charge >= 0.3 is 0 Å². The van der Waals surface area contributed by atoms with Gasteiger partial charge in [0.25, 0.3) is 0 Å². The second kappa shape index (κ2) is 3.82. The first-order valence-corrected chi connectivity index (χ1v) is 6.51. The number of hydrogen-bond donors (Lipinski definition) is 1. The average Bonchev–Trinajstić information content (AvgIpc) is 3.18. The van der Waals surface area contributed by atoms with E-state index in [2.05, 4.69) is 16.1 Å². The summed E-state index contributed by atoms with van der Waals surface area (Å²) in [7, 11) is 0. The summed E-state index contributed by atoms with van der Waals surface area (Å²) in [6.45, 7) is 0. The van der Waals surface area contributed by atoms with E-state index in [9.17, 15) is 0 Å². The number of nitrogens with two attached hydrogens (primary N) is 1. The van der Waals surface area contributed by atoms with Crippen molar-refractivity contribution in [3.8, 4) is 5.69 Å². The minimum atomic E-state index is 0.669. The fourth-order valence-corrected chi connectivity index (χ4v) is 2.46. The third-order valence-electron chi connectivity index (χ3n) is 3.68. The molecule has 2 heterocycles. The van der Waals surface area contributed by atoms with Gasteiger partial charge in [0, 0.05) is 41.0 Å². The molecule has 0 atom stereocenters. The van der Waals surface area contributed by atoms with Crippen LogP contribution in [0.1, 0.15) is 24.5 Å². The highest BCUT2D eigenvalue weighted by Gasteiger charge is 2.26. The molecule has 4 rings (SSSR count). The molecule has 2 N–H and O–H groups in total. The van der Waals surface area contributed by atoms with Crippen molar-refractivity contribution < 1.29 is 0 Å². The van der Waals surface area contributed by atoms with E-state index in [0.717, 1.165) is 22.1 Å². The summed E-state index contributed by atoms with van der Waals surface area (Å²) in [5, 5.41) is 6.74. The monoisotopic (exact) mass is 250 g/mol. The van der Waals surface area contributed by atoms with Crippen LogP contribution in [-0.2, 0) is 0 Å². The fraction of sp³-hybridized carbons (Fsp3) is 0.200. The average molecular weight is 250 g/mol. The normalized spacial score (nSPS) is 14.9. The van der Waals surface area contributed by atoms with Gasteiger partial charge in [-0.05, 0) is 37.1 Å². The smallest absolute Gasteiger partial charge is 0.0726 e. The largest absolute Gasteiger partial charge is 0.398 e. The Morgan fingerprint density at radius 2 is 2.00 bits per heavy atom. The van der Waals surface area contributed by atoms with Crippen LogP contribution in [0.4, 0.5) is 5.69 Å². The summed E-state index contributed by atoms with van der Waals surface area (Å²) in [4.78, 5) is 4.14. The van der Waals surface area contributed by atoms with E-state index < -0.39 is 0 Å².